The van der Waals surface area contributed by atoms with Crippen molar-refractivity contribution in [3.8, 4) is 12.0 Å². The minimum atomic E-state index is -0.720. The maximum atomic E-state index is 12.8. The number of aromatic nitrogens is 3. The van der Waals surface area contributed by atoms with Gasteiger partial charge in [-0.3, -0.25) is 29.8 Å². The molecule has 0 aliphatic carbocycles. The van der Waals surface area contributed by atoms with Crippen LogP contribution < -0.4 is 16.4 Å². The van der Waals surface area contributed by atoms with Gasteiger partial charge in [-0.05, 0) is 32.0 Å². The van der Waals surface area contributed by atoms with Crippen molar-refractivity contribution in [1.29, 1.82) is 5.26 Å². The zero-order chi connectivity index (χ0) is 22.8. The van der Waals surface area contributed by atoms with Gasteiger partial charge in [-0.25, -0.2) is 4.68 Å². The quantitative estimate of drug-likeness (QED) is 0.476. The molecular formula is C22H18N6O4. The number of hydrogen-bond donors (Lipinski definition) is 2. The van der Waals surface area contributed by atoms with Gasteiger partial charge in [-0.15, -0.1) is 0 Å². The van der Waals surface area contributed by atoms with Gasteiger partial charge in [0.2, 0.25) is 5.88 Å². The van der Waals surface area contributed by atoms with E-state index in [-0.39, 0.29) is 40.6 Å². The van der Waals surface area contributed by atoms with Crippen molar-refractivity contribution < 1.29 is 14.0 Å². The van der Waals surface area contributed by atoms with Crippen LogP contribution in [0.4, 0.5) is 0 Å². The molecule has 10 heteroatoms. The first-order valence-corrected chi connectivity index (χ1v) is 9.73. The van der Waals surface area contributed by atoms with Gasteiger partial charge >= 0.3 is 0 Å². The first kappa shape index (κ1) is 20.6. The summed E-state index contributed by atoms with van der Waals surface area (Å²) in [7, 11) is 0. The number of nitriles is 1. The average molecular weight is 430 g/mol. The van der Waals surface area contributed by atoms with E-state index in [4.69, 9.17) is 4.42 Å². The second-order valence-electron chi connectivity index (χ2n) is 6.84. The Morgan fingerprint density at radius 1 is 1.09 bits per heavy atom. The van der Waals surface area contributed by atoms with Crippen LogP contribution in [0.3, 0.4) is 0 Å². The Morgan fingerprint density at radius 2 is 1.75 bits per heavy atom. The average Bonchev–Trinajstić information content (AvgIpc) is 3.45. The molecule has 0 saturated heterocycles. The van der Waals surface area contributed by atoms with Crippen LogP contribution in [0.15, 0.2) is 58.0 Å². The van der Waals surface area contributed by atoms with E-state index in [1.807, 2.05) is 6.07 Å². The number of furan rings is 1. The zero-order valence-electron chi connectivity index (χ0n) is 17.2. The Kier molecular flexibility index (Phi) is 5.30. The van der Waals surface area contributed by atoms with E-state index < -0.39 is 11.8 Å². The molecule has 0 bridgehead atoms. The standard InChI is InChI=1S/C22H18N6O4/c1-3-28-21(31)15-9-5-4-8-14(15)18(26-28)20(30)25-24-19(29)17-13(2)32-22(16(17)12-23)27-10-6-7-11-27/h4-11H,3H2,1-2H3,(H,24,29)(H,25,30). The third kappa shape index (κ3) is 3.41. The van der Waals surface area contributed by atoms with E-state index in [0.717, 1.165) is 0 Å². The molecule has 1 aromatic carbocycles. The number of amides is 2. The molecule has 160 valence electrons. The number of fused-ring (bicyclic) bond motifs is 1. The van der Waals surface area contributed by atoms with E-state index in [9.17, 15) is 19.6 Å². The highest BCUT2D eigenvalue weighted by atomic mass is 16.4. The highest BCUT2D eigenvalue weighted by molar-refractivity contribution is 6.06. The monoisotopic (exact) mass is 430 g/mol. The van der Waals surface area contributed by atoms with Crippen LogP contribution in [-0.4, -0.2) is 26.2 Å². The molecule has 0 fully saturated rings. The first-order valence-electron chi connectivity index (χ1n) is 9.73. The second-order valence-corrected chi connectivity index (χ2v) is 6.84. The molecule has 0 radical (unpaired) electrons. The normalized spacial score (nSPS) is 10.7. The molecule has 0 aliphatic rings. The molecule has 0 unspecified atom stereocenters. The molecule has 2 N–H and O–H groups in total. The molecule has 10 nitrogen and oxygen atoms in total. The van der Waals surface area contributed by atoms with Crippen LogP contribution in [0.25, 0.3) is 16.7 Å². The Morgan fingerprint density at radius 3 is 2.41 bits per heavy atom. The predicted molar refractivity (Wildman–Crippen MR) is 114 cm³/mol. The van der Waals surface area contributed by atoms with Crippen LogP contribution in [-0.2, 0) is 6.54 Å². The third-order valence-electron chi connectivity index (χ3n) is 4.92. The molecule has 3 heterocycles. The van der Waals surface area contributed by atoms with Crippen LogP contribution in [0.5, 0.6) is 0 Å². The lowest BCUT2D eigenvalue weighted by Crippen LogP contribution is -2.43. The molecule has 3 aromatic heterocycles. The Hall–Kier alpha value is -4.65. The van der Waals surface area contributed by atoms with Gasteiger partial charge < -0.3 is 4.42 Å². The lowest BCUT2D eigenvalue weighted by atomic mass is 10.1. The fraction of sp³-hybridized carbons (Fsp3) is 0.136. The lowest BCUT2D eigenvalue weighted by Gasteiger charge is -2.11. The van der Waals surface area contributed by atoms with Gasteiger partial charge in [0.25, 0.3) is 17.4 Å². The largest absolute Gasteiger partial charge is 0.443 e. The summed E-state index contributed by atoms with van der Waals surface area (Å²) in [4.78, 5) is 38.0. The van der Waals surface area contributed by atoms with E-state index in [1.165, 1.54) is 4.68 Å². The van der Waals surface area contributed by atoms with Gasteiger partial charge in [0, 0.05) is 24.3 Å². The Bertz CT molecular complexity index is 1440. The summed E-state index contributed by atoms with van der Waals surface area (Å²) in [6.07, 6.45) is 3.37. The summed E-state index contributed by atoms with van der Waals surface area (Å²) < 4.78 is 8.36. The van der Waals surface area contributed by atoms with Gasteiger partial charge in [0.1, 0.15) is 23.0 Å². The molecule has 4 aromatic rings. The second kappa shape index (κ2) is 8.23. The van der Waals surface area contributed by atoms with Crippen molar-refractivity contribution in [3.05, 3.63) is 81.7 Å². The summed E-state index contributed by atoms with van der Waals surface area (Å²) >= 11 is 0. The van der Waals surface area contributed by atoms with E-state index in [2.05, 4.69) is 16.0 Å². The zero-order valence-corrected chi connectivity index (χ0v) is 17.2. The van der Waals surface area contributed by atoms with Crippen molar-refractivity contribution in [1.82, 2.24) is 25.2 Å². The first-order chi connectivity index (χ1) is 15.5. The lowest BCUT2D eigenvalue weighted by molar-refractivity contribution is 0.0842. The molecule has 0 saturated carbocycles. The van der Waals surface area contributed by atoms with E-state index in [1.54, 1.807) is 67.2 Å². The number of aryl methyl sites for hydroxylation is 2. The van der Waals surface area contributed by atoms with Crippen molar-refractivity contribution in [2.24, 2.45) is 0 Å². The fourth-order valence-electron chi connectivity index (χ4n) is 3.41. The maximum Gasteiger partial charge on any atom is 0.290 e. The van der Waals surface area contributed by atoms with Crippen molar-refractivity contribution >= 4 is 22.6 Å². The molecule has 4 rings (SSSR count). The van der Waals surface area contributed by atoms with Crippen molar-refractivity contribution in [2.75, 3.05) is 0 Å². The molecule has 0 aliphatic heterocycles. The SMILES string of the molecule is CCn1nc(C(=O)NNC(=O)c2c(C)oc(-n3cccc3)c2C#N)c2ccccc2c1=O. The summed E-state index contributed by atoms with van der Waals surface area (Å²) in [6, 6.07) is 12.1. The topological polar surface area (TPSA) is 135 Å². The summed E-state index contributed by atoms with van der Waals surface area (Å²) in [5.41, 5.74) is 4.33. The number of nitrogens with one attached hydrogen (secondary N) is 2. The highest BCUT2D eigenvalue weighted by Gasteiger charge is 2.25. The number of carbonyl (C=O) groups is 2. The number of nitrogens with zero attached hydrogens (tertiary/aromatic N) is 4. The van der Waals surface area contributed by atoms with Gasteiger partial charge in [-0.2, -0.15) is 10.4 Å². The van der Waals surface area contributed by atoms with Crippen LogP contribution in [0.1, 0.15) is 39.1 Å². The number of benzene rings is 1. The number of hydrazine groups is 1. The molecular weight excluding hydrogens is 412 g/mol. The third-order valence-corrected chi connectivity index (χ3v) is 4.92. The summed E-state index contributed by atoms with van der Waals surface area (Å²) in [5, 5.41) is 14.4. The predicted octanol–water partition coefficient (Wildman–Crippen LogP) is 2.05. The summed E-state index contributed by atoms with van der Waals surface area (Å²) in [6.45, 7) is 3.56. The van der Waals surface area contributed by atoms with E-state index in [0.29, 0.717) is 10.8 Å². The molecule has 0 atom stereocenters. The fourth-order valence-corrected chi connectivity index (χ4v) is 3.41. The van der Waals surface area contributed by atoms with E-state index >= 15 is 0 Å². The van der Waals surface area contributed by atoms with Gasteiger partial charge in [-0.1, -0.05) is 18.2 Å². The van der Waals surface area contributed by atoms with Crippen LogP contribution >= 0.6 is 0 Å². The number of carbonyl (C=O) groups excluding carboxylic acids is 2. The Labute approximate surface area is 181 Å². The van der Waals surface area contributed by atoms with Crippen LogP contribution in [0.2, 0.25) is 0 Å². The minimum absolute atomic E-state index is 0.00726. The number of rotatable bonds is 4. The maximum absolute atomic E-state index is 12.8. The molecule has 0 spiro atoms. The smallest absolute Gasteiger partial charge is 0.290 e. The number of hydrogen-bond acceptors (Lipinski definition) is 6. The molecule has 2 amide bonds. The van der Waals surface area contributed by atoms with Crippen LogP contribution in [0, 0.1) is 18.3 Å². The van der Waals surface area contributed by atoms with Crippen molar-refractivity contribution in [2.45, 2.75) is 20.4 Å². The molecule has 32 heavy (non-hydrogen) atoms. The highest BCUT2D eigenvalue weighted by Crippen LogP contribution is 2.25. The van der Waals surface area contributed by atoms with Gasteiger partial charge in [0.05, 0.1) is 5.39 Å². The van der Waals surface area contributed by atoms with Crippen molar-refractivity contribution in [3.63, 3.8) is 0 Å². The summed E-state index contributed by atoms with van der Waals surface area (Å²) in [5.74, 6) is -1.00. The van der Waals surface area contributed by atoms with Gasteiger partial charge in [0.15, 0.2) is 5.69 Å². The Balaban J connectivity index is 1.63. The minimum Gasteiger partial charge on any atom is -0.443 e.